The molecule has 114 valence electrons. The molecule has 0 aromatic heterocycles. The van der Waals surface area contributed by atoms with Gasteiger partial charge < -0.3 is 22.8 Å². The van der Waals surface area contributed by atoms with Gasteiger partial charge in [-0.2, -0.15) is 0 Å². The maximum atomic E-state index is 5.91. The van der Waals surface area contributed by atoms with Gasteiger partial charge in [0.1, 0.15) is 6.10 Å². The van der Waals surface area contributed by atoms with E-state index in [9.17, 15) is 0 Å². The Morgan fingerprint density at radius 1 is 1.26 bits per heavy atom. The van der Waals surface area contributed by atoms with Gasteiger partial charge in [-0.1, -0.05) is 20.3 Å². The van der Waals surface area contributed by atoms with Crippen LogP contribution in [0.5, 0.6) is 0 Å². The molecule has 1 saturated heterocycles. The zero-order chi connectivity index (χ0) is 14.1. The van der Waals surface area contributed by atoms with Gasteiger partial charge in [0.05, 0.1) is 19.3 Å². The van der Waals surface area contributed by atoms with E-state index in [2.05, 4.69) is 13.8 Å². The van der Waals surface area contributed by atoms with Crippen molar-refractivity contribution in [3.05, 3.63) is 0 Å². The highest BCUT2D eigenvalue weighted by Crippen LogP contribution is 2.18. The topological polar surface area (TPSA) is 49.5 Å². The predicted octanol–water partition coefficient (Wildman–Crippen LogP) is 2.23. The Bertz CT molecular complexity index is 231. The average molecular weight is 292 g/mol. The highest BCUT2D eigenvalue weighted by atomic mass is 28.4. The van der Waals surface area contributed by atoms with E-state index in [4.69, 9.17) is 22.8 Å². The van der Waals surface area contributed by atoms with E-state index in [-0.39, 0.29) is 6.10 Å². The van der Waals surface area contributed by atoms with Crippen LogP contribution in [0.3, 0.4) is 0 Å². The van der Waals surface area contributed by atoms with Crippen LogP contribution < -0.4 is 0 Å². The van der Waals surface area contributed by atoms with Crippen LogP contribution in [-0.2, 0) is 22.8 Å². The van der Waals surface area contributed by atoms with E-state index < -0.39 is 8.80 Å². The maximum Gasteiger partial charge on any atom is 0.500 e. The van der Waals surface area contributed by atoms with Crippen molar-refractivity contribution < 1.29 is 22.8 Å². The van der Waals surface area contributed by atoms with E-state index >= 15 is 0 Å². The molecule has 6 heteroatoms. The van der Waals surface area contributed by atoms with Gasteiger partial charge in [0.15, 0.2) is 0 Å². The zero-order valence-electron chi connectivity index (χ0n) is 12.6. The Kier molecular flexibility index (Phi) is 8.13. The molecule has 2 unspecified atom stereocenters. The Morgan fingerprint density at radius 3 is 2.42 bits per heavy atom. The molecule has 0 N–H and O–H groups in total. The lowest BCUT2D eigenvalue weighted by atomic mass is 10.2. The smallest absolute Gasteiger partial charge is 0.377 e. The van der Waals surface area contributed by atoms with Crippen molar-refractivity contribution in [2.45, 2.75) is 51.4 Å². The van der Waals surface area contributed by atoms with Gasteiger partial charge in [0, 0.05) is 26.9 Å². The van der Waals surface area contributed by atoms with Crippen LogP contribution in [-0.4, -0.2) is 55.1 Å². The summed E-state index contributed by atoms with van der Waals surface area (Å²) in [4.78, 5) is 0. The number of hydrogen-bond donors (Lipinski definition) is 0. The highest BCUT2D eigenvalue weighted by Gasteiger charge is 2.37. The quantitative estimate of drug-likeness (QED) is 0.408. The van der Waals surface area contributed by atoms with Crippen LogP contribution >= 0.6 is 0 Å². The Hall–Kier alpha value is 0.0169. The van der Waals surface area contributed by atoms with Gasteiger partial charge in [-0.15, -0.1) is 0 Å². The normalized spacial score (nSPS) is 20.5. The Balaban J connectivity index is 2.23. The number of epoxide rings is 1. The van der Waals surface area contributed by atoms with Crippen LogP contribution in [0.1, 0.15) is 33.1 Å². The second-order valence-electron chi connectivity index (χ2n) is 4.80. The molecule has 1 heterocycles. The van der Waals surface area contributed by atoms with Crippen molar-refractivity contribution in [1.82, 2.24) is 0 Å². The molecule has 0 aromatic carbocycles. The van der Waals surface area contributed by atoms with Crippen molar-refractivity contribution in [2.24, 2.45) is 0 Å². The third kappa shape index (κ3) is 6.33. The second-order valence-corrected chi connectivity index (χ2v) is 7.77. The Morgan fingerprint density at radius 2 is 1.95 bits per heavy atom. The minimum absolute atomic E-state index is 0.228. The number of ether oxygens (including phenoxy) is 2. The van der Waals surface area contributed by atoms with Gasteiger partial charge in [-0.05, 0) is 12.8 Å². The fourth-order valence-electron chi connectivity index (χ4n) is 1.94. The standard InChI is InChI=1S/C13H28O5Si/c1-5-9-19(14-3,15-4)18-8-7-12(6-2)16-10-13-11-17-13/h12-13H,5-11H2,1-4H3. The van der Waals surface area contributed by atoms with Crippen LogP contribution in [0.15, 0.2) is 0 Å². The van der Waals surface area contributed by atoms with Crippen LogP contribution in [0.25, 0.3) is 0 Å². The summed E-state index contributed by atoms with van der Waals surface area (Å²) in [6.45, 7) is 6.40. The summed E-state index contributed by atoms with van der Waals surface area (Å²) >= 11 is 0. The predicted molar refractivity (Wildman–Crippen MR) is 75.2 cm³/mol. The van der Waals surface area contributed by atoms with Gasteiger partial charge in [0.2, 0.25) is 0 Å². The number of rotatable bonds is 12. The SMILES string of the molecule is CCC[Si](OC)(OC)OCCC(CC)OCC1CO1. The molecule has 0 aliphatic carbocycles. The molecule has 1 rings (SSSR count). The molecular formula is C13H28O5Si. The third-order valence-corrected chi connectivity index (χ3v) is 6.32. The minimum atomic E-state index is -2.44. The van der Waals surface area contributed by atoms with Crippen molar-refractivity contribution in [1.29, 1.82) is 0 Å². The minimum Gasteiger partial charge on any atom is -0.377 e. The van der Waals surface area contributed by atoms with Crippen molar-refractivity contribution in [2.75, 3.05) is 34.0 Å². The van der Waals surface area contributed by atoms with Gasteiger partial charge in [0.25, 0.3) is 0 Å². The lowest BCUT2D eigenvalue weighted by Gasteiger charge is -2.27. The summed E-state index contributed by atoms with van der Waals surface area (Å²) in [5.41, 5.74) is 0. The van der Waals surface area contributed by atoms with E-state index in [1.165, 1.54) is 0 Å². The average Bonchev–Trinajstić information content (AvgIpc) is 3.25. The van der Waals surface area contributed by atoms with E-state index in [0.717, 1.165) is 31.9 Å². The fraction of sp³-hybridized carbons (Fsp3) is 1.00. The van der Waals surface area contributed by atoms with Gasteiger partial charge in [-0.25, -0.2) is 0 Å². The van der Waals surface area contributed by atoms with Crippen molar-refractivity contribution in [3.8, 4) is 0 Å². The molecule has 19 heavy (non-hydrogen) atoms. The molecular weight excluding hydrogens is 264 g/mol. The van der Waals surface area contributed by atoms with E-state index in [0.29, 0.717) is 19.3 Å². The summed E-state index contributed by atoms with van der Waals surface area (Å²) in [5, 5.41) is 0. The lowest BCUT2D eigenvalue weighted by Crippen LogP contribution is -2.44. The van der Waals surface area contributed by atoms with Gasteiger partial charge >= 0.3 is 8.80 Å². The van der Waals surface area contributed by atoms with Crippen LogP contribution in [0.4, 0.5) is 0 Å². The maximum absolute atomic E-state index is 5.91. The first kappa shape index (κ1) is 17.1. The molecule has 0 radical (unpaired) electrons. The fourth-order valence-corrected chi connectivity index (χ4v) is 3.94. The molecule has 1 aliphatic heterocycles. The van der Waals surface area contributed by atoms with E-state index in [1.54, 1.807) is 14.2 Å². The zero-order valence-corrected chi connectivity index (χ0v) is 13.6. The lowest BCUT2D eigenvalue weighted by molar-refractivity contribution is 0.0161. The first-order chi connectivity index (χ1) is 9.19. The first-order valence-electron chi connectivity index (χ1n) is 7.17. The molecule has 0 bridgehead atoms. The largest absolute Gasteiger partial charge is 0.500 e. The monoisotopic (exact) mass is 292 g/mol. The summed E-state index contributed by atoms with van der Waals surface area (Å²) in [7, 11) is 0.905. The van der Waals surface area contributed by atoms with Crippen LogP contribution in [0.2, 0.25) is 6.04 Å². The number of hydrogen-bond acceptors (Lipinski definition) is 5. The van der Waals surface area contributed by atoms with E-state index in [1.807, 2.05) is 0 Å². The Labute approximate surface area is 117 Å². The molecule has 1 aliphatic rings. The molecule has 5 nitrogen and oxygen atoms in total. The molecule has 0 amide bonds. The molecule has 2 atom stereocenters. The van der Waals surface area contributed by atoms with Crippen LogP contribution in [0, 0.1) is 0 Å². The molecule has 0 saturated carbocycles. The molecule has 1 fully saturated rings. The third-order valence-electron chi connectivity index (χ3n) is 3.32. The summed E-state index contributed by atoms with van der Waals surface area (Å²) in [5.74, 6) is 0. The summed E-state index contributed by atoms with van der Waals surface area (Å²) < 4.78 is 27.8. The highest BCUT2D eigenvalue weighted by molar-refractivity contribution is 6.60. The second kappa shape index (κ2) is 9.04. The summed E-state index contributed by atoms with van der Waals surface area (Å²) in [6, 6.07) is 0.855. The molecule has 0 aromatic rings. The van der Waals surface area contributed by atoms with Gasteiger partial charge in [-0.3, -0.25) is 0 Å². The van der Waals surface area contributed by atoms with Crippen molar-refractivity contribution in [3.63, 3.8) is 0 Å². The summed E-state index contributed by atoms with van der Waals surface area (Å²) in [6.07, 6.45) is 3.40. The molecule has 0 spiro atoms. The van der Waals surface area contributed by atoms with Crippen molar-refractivity contribution >= 4 is 8.80 Å². The first-order valence-corrected chi connectivity index (χ1v) is 9.10.